The number of nitrogens with zero attached hydrogens (tertiary/aromatic N) is 4. The number of hydrogen-bond donors (Lipinski definition) is 2. The van der Waals surface area contributed by atoms with Crippen LogP contribution in [-0.2, 0) is 4.79 Å². The van der Waals surface area contributed by atoms with Gasteiger partial charge >= 0.3 is 0 Å². The molecule has 1 aromatic heterocycles. The second-order valence-corrected chi connectivity index (χ2v) is 6.37. The van der Waals surface area contributed by atoms with Gasteiger partial charge in [-0.3, -0.25) is 9.59 Å². The molecule has 0 bridgehead atoms. The fourth-order valence-corrected chi connectivity index (χ4v) is 2.41. The van der Waals surface area contributed by atoms with Gasteiger partial charge in [0.05, 0.1) is 5.69 Å². The van der Waals surface area contributed by atoms with Crippen LogP contribution in [0.25, 0.3) is 5.69 Å². The van der Waals surface area contributed by atoms with Crippen LogP contribution in [0.4, 0.5) is 11.4 Å². The van der Waals surface area contributed by atoms with Gasteiger partial charge in [0, 0.05) is 22.9 Å². The highest BCUT2D eigenvalue weighted by atomic mass is 16.2. The number of hydrogen-bond acceptors (Lipinski definition) is 5. The molecular weight excluding hydrogens is 344 g/mol. The molecule has 138 valence electrons. The van der Waals surface area contributed by atoms with E-state index >= 15 is 0 Å². The Hall–Kier alpha value is -3.55. The number of aromatic nitrogens is 4. The topological polar surface area (TPSA) is 102 Å². The second kappa shape index (κ2) is 7.77. The lowest BCUT2D eigenvalue weighted by molar-refractivity contribution is -0.118. The monoisotopic (exact) mass is 364 g/mol. The van der Waals surface area contributed by atoms with E-state index in [0.29, 0.717) is 22.8 Å². The van der Waals surface area contributed by atoms with Gasteiger partial charge in [-0.15, -0.1) is 5.10 Å². The summed E-state index contributed by atoms with van der Waals surface area (Å²) in [5.41, 5.74) is 2.39. The molecule has 2 amide bonds. The van der Waals surface area contributed by atoms with E-state index in [0.717, 1.165) is 5.69 Å². The van der Waals surface area contributed by atoms with Crippen molar-refractivity contribution < 1.29 is 9.59 Å². The molecule has 0 aliphatic heterocycles. The zero-order valence-corrected chi connectivity index (χ0v) is 15.3. The molecule has 2 N–H and O–H groups in total. The van der Waals surface area contributed by atoms with Gasteiger partial charge in [-0.2, -0.15) is 4.68 Å². The van der Waals surface area contributed by atoms with Crippen LogP contribution >= 0.6 is 0 Å². The number of carbonyl (C=O) groups is 2. The van der Waals surface area contributed by atoms with Gasteiger partial charge in [-0.25, -0.2) is 0 Å². The molecule has 0 atom stereocenters. The number of carbonyl (C=O) groups excluding carboxylic acids is 2. The Balaban J connectivity index is 1.76. The van der Waals surface area contributed by atoms with Gasteiger partial charge in [0.2, 0.25) is 5.91 Å². The molecule has 0 unspecified atom stereocenters. The SMILES string of the molecule is Cc1nnnn1-c1cccc(NC(=O)c2cccc(NC(=O)C(C)C)c2)c1. The maximum Gasteiger partial charge on any atom is 0.255 e. The first-order chi connectivity index (χ1) is 12.9. The zero-order chi connectivity index (χ0) is 19.4. The Bertz CT molecular complexity index is 980. The molecule has 0 aliphatic rings. The molecule has 0 aliphatic carbocycles. The van der Waals surface area contributed by atoms with Crippen molar-refractivity contribution in [1.29, 1.82) is 0 Å². The van der Waals surface area contributed by atoms with Crippen molar-refractivity contribution in [3.8, 4) is 5.69 Å². The summed E-state index contributed by atoms with van der Waals surface area (Å²) < 4.78 is 1.58. The third-order valence-electron chi connectivity index (χ3n) is 3.89. The average Bonchev–Trinajstić information content (AvgIpc) is 3.08. The van der Waals surface area contributed by atoms with Crippen molar-refractivity contribution in [2.75, 3.05) is 10.6 Å². The molecular formula is C19H20N6O2. The quantitative estimate of drug-likeness (QED) is 0.725. The molecule has 0 radical (unpaired) electrons. The summed E-state index contributed by atoms with van der Waals surface area (Å²) in [5.74, 6) is 0.130. The van der Waals surface area contributed by atoms with E-state index in [1.54, 1.807) is 48.0 Å². The molecule has 0 spiro atoms. The maximum atomic E-state index is 12.6. The largest absolute Gasteiger partial charge is 0.326 e. The lowest BCUT2D eigenvalue weighted by Gasteiger charge is -2.10. The van der Waals surface area contributed by atoms with Gasteiger partial charge < -0.3 is 10.6 Å². The lowest BCUT2D eigenvalue weighted by Crippen LogP contribution is -2.18. The normalized spacial score (nSPS) is 10.7. The Morgan fingerprint density at radius 2 is 1.70 bits per heavy atom. The standard InChI is InChI=1S/C19H20N6O2/c1-12(2)18(26)20-15-7-4-6-14(10-15)19(27)21-16-8-5-9-17(11-16)25-13(3)22-23-24-25/h4-12H,1-3H3,(H,20,26)(H,21,27). The van der Waals surface area contributed by atoms with Crippen LogP contribution in [0.5, 0.6) is 0 Å². The van der Waals surface area contributed by atoms with Crippen LogP contribution in [0.2, 0.25) is 0 Å². The Morgan fingerprint density at radius 1 is 1.00 bits per heavy atom. The van der Waals surface area contributed by atoms with Gasteiger partial charge in [-0.05, 0) is 53.7 Å². The minimum absolute atomic E-state index is 0.0999. The van der Waals surface area contributed by atoms with Crippen molar-refractivity contribution in [2.24, 2.45) is 5.92 Å². The molecule has 1 heterocycles. The first-order valence-corrected chi connectivity index (χ1v) is 8.52. The van der Waals surface area contributed by atoms with Crippen molar-refractivity contribution in [3.63, 3.8) is 0 Å². The van der Waals surface area contributed by atoms with Crippen LogP contribution in [0.15, 0.2) is 48.5 Å². The molecule has 0 saturated carbocycles. The first-order valence-electron chi connectivity index (χ1n) is 8.52. The summed E-state index contributed by atoms with van der Waals surface area (Å²) in [6.45, 7) is 5.42. The average molecular weight is 364 g/mol. The fourth-order valence-electron chi connectivity index (χ4n) is 2.41. The summed E-state index contributed by atoms with van der Waals surface area (Å²) in [7, 11) is 0. The summed E-state index contributed by atoms with van der Waals surface area (Å²) >= 11 is 0. The predicted octanol–water partition coefficient (Wildman–Crippen LogP) is 2.82. The van der Waals surface area contributed by atoms with Gasteiger partial charge in [-0.1, -0.05) is 26.0 Å². The number of amides is 2. The number of tetrazole rings is 1. The van der Waals surface area contributed by atoms with E-state index in [4.69, 9.17) is 0 Å². The van der Waals surface area contributed by atoms with E-state index in [9.17, 15) is 9.59 Å². The van der Waals surface area contributed by atoms with Crippen LogP contribution in [0, 0.1) is 12.8 Å². The van der Waals surface area contributed by atoms with Crippen molar-refractivity contribution in [3.05, 3.63) is 59.9 Å². The minimum Gasteiger partial charge on any atom is -0.326 e. The third kappa shape index (κ3) is 4.35. The van der Waals surface area contributed by atoms with Gasteiger partial charge in [0.1, 0.15) is 0 Å². The van der Waals surface area contributed by atoms with E-state index < -0.39 is 0 Å². The lowest BCUT2D eigenvalue weighted by atomic mass is 10.1. The van der Waals surface area contributed by atoms with E-state index in [2.05, 4.69) is 26.2 Å². The van der Waals surface area contributed by atoms with Crippen LogP contribution in [-0.4, -0.2) is 32.0 Å². The highest BCUT2D eigenvalue weighted by molar-refractivity contribution is 6.05. The van der Waals surface area contributed by atoms with Crippen LogP contribution in [0.3, 0.4) is 0 Å². The molecule has 3 rings (SSSR count). The molecule has 0 fully saturated rings. The summed E-state index contributed by atoms with van der Waals surface area (Å²) in [6, 6.07) is 14.0. The summed E-state index contributed by atoms with van der Waals surface area (Å²) in [6.07, 6.45) is 0. The van der Waals surface area contributed by atoms with Crippen molar-refractivity contribution in [2.45, 2.75) is 20.8 Å². The van der Waals surface area contributed by atoms with E-state index in [1.807, 2.05) is 26.0 Å². The van der Waals surface area contributed by atoms with Crippen LogP contribution in [0.1, 0.15) is 30.0 Å². The van der Waals surface area contributed by atoms with Gasteiger partial charge in [0.25, 0.3) is 5.91 Å². The molecule has 27 heavy (non-hydrogen) atoms. The molecule has 8 nitrogen and oxygen atoms in total. The Morgan fingerprint density at radius 3 is 2.37 bits per heavy atom. The fraction of sp³-hybridized carbons (Fsp3) is 0.211. The minimum atomic E-state index is -0.277. The second-order valence-electron chi connectivity index (χ2n) is 6.37. The summed E-state index contributed by atoms with van der Waals surface area (Å²) in [4.78, 5) is 24.4. The number of rotatable bonds is 5. The van der Waals surface area contributed by atoms with Gasteiger partial charge in [0.15, 0.2) is 5.82 Å². The van der Waals surface area contributed by atoms with Crippen molar-refractivity contribution in [1.82, 2.24) is 20.2 Å². The highest BCUT2D eigenvalue weighted by Gasteiger charge is 2.11. The predicted molar refractivity (Wildman–Crippen MR) is 102 cm³/mol. The Kier molecular flexibility index (Phi) is 5.25. The van der Waals surface area contributed by atoms with E-state index in [-0.39, 0.29) is 17.7 Å². The highest BCUT2D eigenvalue weighted by Crippen LogP contribution is 2.17. The first kappa shape index (κ1) is 18.2. The van der Waals surface area contributed by atoms with E-state index in [1.165, 1.54) is 0 Å². The number of anilines is 2. The zero-order valence-electron chi connectivity index (χ0n) is 15.3. The van der Waals surface area contributed by atoms with Crippen LogP contribution < -0.4 is 10.6 Å². The molecule has 8 heteroatoms. The number of benzene rings is 2. The Labute approximate surface area is 156 Å². The van der Waals surface area contributed by atoms with Crippen molar-refractivity contribution >= 4 is 23.2 Å². The third-order valence-corrected chi connectivity index (χ3v) is 3.89. The molecule has 3 aromatic rings. The smallest absolute Gasteiger partial charge is 0.255 e. The maximum absolute atomic E-state index is 12.6. The summed E-state index contributed by atoms with van der Waals surface area (Å²) in [5, 5.41) is 17.0. The molecule has 2 aromatic carbocycles. The number of aryl methyl sites for hydroxylation is 1. The number of nitrogens with one attached hydrogen (secondary N) is 2. The molecule has 0 saturated heterocycles.